The fraction of sp³-hybridized carbons (Fsp3) is 0.176. The van der Waals surface area contributed by atoms with Crippen molar-refractivity contribution in [2.75, 3.05) is 14.2 Å². The molecule has 0 aliphatic heterocycles. The number of hydrogen-bond acceptors (Lipinski definition) is 6. The van der Waals surface area contributed by atoms with Gasteiger partial charge in [0, 0.05) is 22.7 Å². The number of methoxy groups -OCH3 is 2. The predicted molar refractivity (Wildman–Crippen MR) is 91.3 cm³/mol. The number of hydrogen-bond donors (Lipinski definition) is 0. The zero-order valence-electron chi connectivity index (χ0n) is 13.2. The first-order valence-corrected chi connectivity index (χ1v) is 7.92. The molecular weight excluding hydrogens is 376 g/mol. The predicted octanol–water partition coefficient (Wildman–Crippen LogP) is 4.10. The molecule has 0 aliphatic rings. The van der Waals surface area contributed by atoms with Gasteiger partial charge in [0.25, 0.3) is 5.89 Å². The summed E-state index contributed by atoms with van der Waals surface area (Å²) >= 11 is 3.46. The molecule has 0 atom stereocenters. The summed E-state index contributed by atoms with van der Waals surface area (Å²) in [6.45, 7) is 0.147. The molecule has 0 unspecified atom stereocenters. The van der Waals surface area contributed by atoms with Gasteiger partial charge in [-0.15, -0.1) is 10.2 Å². The minimum atomic E-state index is 0.147. The van der Waals surface area contributed by atoms with Gasteiger partial charge in [0.1, 0.15) is 17.2 Å². The summed E-state index contributed by atoms with van der Waals surface area (Å²) < 4.78 is 22.6. The van der Waals surface area contributed by atoms with Gasteiger partial charge in [0.2, 0.25) is 5.89 Å². The highest BCUT2D eigenvalue weighted by Gasteiger charge is 2.12. The molecule has 3 rings (SSSR count). The van der Waals surface area contributed by atoms with Crippen LogP contribution in [-0.2, 0) is 6.61 Å². The van der Waals surface area contributed by atoms with Gasteiger partial charge in [-0.25, -0.2) is 0 Å². The van der Waals surface area contributed by atoms with Crippen LogP contribution in [0.25, 0.3) is 11.5 Å². The van der Waals surface area contributed by atoms with Crippen molar-refractivity contribution in [2.24, 2.45) is 0 Å². The van der Waals surface area contributed by atoms with E-state index in [9.17, 15) is 0 Å². The van der Waals surface area contributed by atoms with E-state index in [1.165, 1.54) is 0 Å². The van der Waals surface area contributed by atoms with Gasteiger partial charge in [-0.2, -0.15) is 0 Å². The molecule has 0 aliphatic carbocycles. The summed E-state index contributed by atoms with van der Waals surface area (Å²) in [6, 6.07) is 12.9. The fourth-order valence-corrected chi connectivity index (χ4v) is 2.52. The maximum absolute atomic E-state index is 5.69. The third kappa shape index (κ3) is 3.68. The maximum atomic E-state index is 5.69. The molecule has 0 saturated heterocycles. The Morgan fingerprint density at radius 2 is 1.62 bits per heavy atom. The van der Waals surface area contributed by atoms with Crippen molar-refractivity contribution in [1.82, 2.24) is 10.2 Å². The fourth-order valence-electron chi connectivity index (χ4n) is 2.07. The van der Waals surface area contributed by atoms with E-state index < -0.39 is 0 Å². The Labute approximate surface area is 147 Å². The SMILES string of the molecule is COc1cc(OC)cc(OCc2nnc(-c3ccccc3Br)o2)c1. The highest BCUT2D eigenvalue weighted by atomic mass is 79.9. The molecule has 0 radical (unpaired) electrons. The molecule has 0 fully saturated rings. The van der Waals surface area contributed by atoms with Crippen LogP contribution in [0.1, 0.15) is 5.89 Å². The van der Waals surface area contributed by atoms with Crippen LogP contribution in [0, 0.1) is 0 Å². The van der Waals surface area contributed by atoms with Crippen LogP contribution in [0.15, 0.2) is 51.4 Å². The van der Waals surface area contributed by atoms with Crippen molar-refractivity contribution < 1.29 is 18.6 Å². The van der Waals surface area contributed by atoms with Gasteiger partial charge in [-0.1, -0.05) is 12.1 Å². The Hall–Kier alpha value is -2.54. The normalized spacial score (nSPS) is 10.5. The lowest BCUT2D eigenvalue weighted by molar-refractivity contribution is 0.261. The molecule has 1 aromatic heterocycles. The van der Waals surface area contributed by atoms with Crippen LogP contribution >= 0.6 is 15.9 Å². The molecule has 6 nitrogen and oxygen atoms in total. The first-order chi connectivity index (χ1) is 11.7. The summed E-state index contributed by atoms with van der Waals surface area (Å²) in [5, 5.41) is 8.06. The van der Waals surface area contributed by atoms with Crippen molar-refractivity contribution >= 4 is 15.9 Å². The molecule has 0 spiro atoms. The number of halogens is 1. The minimum absolute atomic E-state index is 0.147. The van der Waals surface area contributed by atoms with E-state index in [-0.39, 0.29) is 6.61 Å². The van der Waals surface area contributed by atoms with E-state index in [2.05, 4.69) is 26.1 Å². The van der Waals surface area contributed by atoms with Crippen LogP contribution in [0.3, 0.4) is 0 Å². The number of aromatic nitrogens is 2. The average Bonchev–Trinajstić information content (AvgIpc) is 3.08. The highest BCUT2D eigenvalue weighted by molar-refractivity contribution is 9.10. The minimum Gasteiger partial charge on any atom is -0.496 e. The summed E-state index contributed by atoms with van der Waals surface area (Å²) in [6.07, 6.45) is 0. The van der Waals surface area contributed by atoms with E-state index in [1.807, 2.05) is 24.3 Å². The van der Waals surface area contributed by atoms with Gasteiger partial charge >= 0.3 is 0 Å². The van der Waals surface area contributed by atoms with Gasteiger partial charge < -0.3 is 18.6 Å². The highest BCUT2D eigenvalue weighted by Crippen LogP contribution is 2.29. The lowest BCUT2D eigenvalue weighted by Gasteiger charge is -2.08. The maximum Gasteiger partial charge on any atom is 0.254 e. The molecule has 124 valence electrons. The summed E-state index contributed by atoms with van der Waals surface area (Å²) in [4.78, 5) is 0. The van der Waals surface area contributed by atoms with Crippen LogP contribution in [-0.4, -0.2) is 24.4 Å². The van der Waals surface area contributed by atoms with Crippen molar-refractivity contribution in [3.63, 3.8) is 0 Å². The van der Waals surface area contributed by atoms with Crippen molar-refractivity contribution in [3.8, 4) is 28.7 Å². The monoisotopic (exact) mass is 390 g/mol. The largest absolute Gasteiger partial charge is 0.496 e. The van der Waals surface area contributed by atoms with E-state index in [1.54, 1.807) is 32.4 Å². The number of ether oxygens (including phenoxy) is 3. The summed E-state index contributed by atoms with van der Waals surface area (Å²) in [5.41, 5.74) is 0.833. The van der Waals surface area contributed by atoms with Crippen molar-refractivity contribution in [2.45, 2.75) is 6.61 Å². The molecular formula is C17H15BrN2O4. The molecule has 0 amide bonds. The number of nitrogens with zero attached hydrogens (tertiary/aromatic N) is 2. The van der Waals surface area contributed by atoms with Gasteiger partial charge in [0.15, 0.2) is 6.61 Å². The van der Waals surface area contributed by atoms with Crippen molar-refractivity contribution in [3.05, 3.63) is 52.8 Å². The second-order valence-electron chi connectivity index (χ2n) is 4.82. The standard InChI is InChI=1S/C17H15BrN2O4/c1-21-11-7-12(22-2)9-13(8-11)23-10-16-19-20-17(24-16)14-5-3-4-6-15(14)18/h3-9H,10H2,1-2H3. The Balaban J connectivity index is 1.73. The van der Waals surface area contributed by atoms with Gasteiger partial charge in [-0.05, 0) is 28.1 Å². The zero-order chi connectivity index (χ0) is 16.9. The van der Waals surface area contributed by atoms with Crippen LogP contribution in [0.5, 0.6) is 17.2 Å². The lowest BCUT2D eigenvalue weighted by Crippen LogP contribution is -1.97. The topological polar surface area (TPSA) is 66.6 Å². The smallest absolute Gasteiger partial charge is 0.254 e. The molecule has 0 saturated carbocycles. The Morgan fingerprint density at radius 1 is 0.958 bits per heavy atom. The molecule has 1 heterocycles. The first-order valence-electron chi connectivity index (χ1n) is 7.12. The van der Waals surface area contributed by atoms with E-state index in [4.69, 9.17) is 18.6 Å². The molecule has 7 heteroatoms. The molecule has 3 aromatic rings. The van der Waals surface area contributed by atoms with Crippen LogP contribution < -0.4 is 14.2 Å². The third-order valence-corrected chi connectivity index (χ3v) is 3.95. The van der Waals surface area contributed by atoms with E-state index in [0.717, 1.165) is 10.0 Å². The lowest BCUT2D eigenvalue weighted by atomic mass is 10.2. The number of benzene rings is 2. The van der Waals surface area contributed by atoms with Crippen molar-refractivity contribution in [1.29, 1.82) is 0 Å². The summed E-state index contributed by atoms with van der Waals surface area (Å²) in [7, 11) is 3.17. The van der Waals surface area contributed by atoms with E-state index in [0.29, 0.717) is 29.0 Å². The second-order valence-corrected chi connectivity index (χ2v) is 5.67. The number of rotatable bonds is 6. The van der Waals surface area contributed by atoms with Crippen LogP contribution in [0.2, 0.25) is 0 Å². The summed E-state index contributed by atoms with van der Waals surface area (Å²) in [5.74, 6) is 2.69. The molecule has 24 heavy (non-hydrogen) atoms. The Bertz CT molecular complexity index is 813. The molecule has 0 N–H and O–H groups in total. The average molecular weight is 391 g/mol. The zero-order valence-corrected chi connectivity index (χ0v) is 14.7. The second kappa shape index (κ2) is 7.35. The van der Waals surface area contributed by atoms with E-state index >= 15 is 0 Å². The Kier molecular flexibility index (Phi) is 5.00. The molecule has 0 bridgehead atoms. The van der Waals surface area contributed by atoms with Crippen LogP contribution in [0.4, 0.5) is 0 Å². The van der Waals surface area contributed by atoms with Gasteiger partial charge in [-0.3, -0.25) is 0 Å². The quantitative estimate of drug-likeness (QED) is 0.631. The first kappa shape index (κ1) is 16.3. The molecule has 2 aromatic carbocycles. The van der Waals surface area contributed by atoms with Gasteiger partial charge in [0.05, 0.1) is 19.8 Å². The third-order valence-electron chi connectivity index (χ3n) is 3.26. The Morgan fingerprint density at radius 3 is 2.29 bits per heavy atom.